The van der Waals surface area contributed by atoms with Gasteiger partial charge in [-0.1, -0.05) is 46.1 Å². The van der Waals surface area contributed by atoms with Crippen molar-refractivity contribution in [2.75, 3.05) is 4.43 Å². The second-order valence-electron chi connectivity index (χ2n) is 3.64. The average Bonchev–Trinajstić information content (AvgIpc) is 2.56. The number of halogens is 2. The normalized spacial score (nSPS) is 10.4. The van der Waals surface area contributed by atoms with Gasteiger partial charge in [0.1, 0.15) is 11.2 Å². The van der Waals surface area contributed by atoms with Gasteiger partial charge in [0, 0.05) is 19.4 Å². The summed E-state index contributed by atoms with van der Waals surface area (Å²) in [6, 6.07) is 8.68. The number of unbranched alkanes of at least 4 members (excludes halogenated alkanes) is 1. The molecule has 4 heteroatoms. The molecule has 0 saturated carbocycles. The van der Waals surface area contributed by atoms with Crippen LogP contribution in [0.25, 0.3) is 10.2 Å². The van der Waals surface area contributed by atoms with E-state index in [2.05, 4.69) is 58.3 Å². The molecule has 16 heavy (non-hydrogen) atoms. The third-order valence-corrected chi connectivity index (χ3v) is 4.40. The van der Waals surface area contributed by atoms with Crippen molar-refractivity contribution in [1.82, 2.24) is 0 Å². The van der Waals surface area contributed by atoms with Gasteiger partial charge in [0.15, 0.2) is 0 Å². The molecule has 88 valence electrons. The lowest BCUT2D eigenvalue weighted by atomic mass is 10.3. The molecule has 0 aliphatic carbocycles. The van der Waals surface area contributed by atoms with Crippen LogP contribution >= 0.6 is 33.9 Å². The quantitative estimate of drug-likeness (QED) is 0.275. The molecule has 0 aliphatic rings. The summed E-state index contributed by atoms with van der Waals surface area (Å²) < 4.78 is 5.12. The van der Waals surface area contributed by atoms with Crippen LogP contribution in [0.5, 0.6) is 0 Å². The van der Waals surface area contributed by atoms with E-state index >= 15 is 0 Å². The number of aromatic nitrogens is 1. The minimum atomic E-state index is 0. The number of hydrogen-bond acceptors (Lipinski definition) is 1. The highest BCUT2D eigenvalue weighted by Crippen LogP contribution is 2.19. The molecule has 0 spiro atoms. The van der Waals surface area contributed by atoms with Crippen LogP contribution < -0.4 is 28.5 Å². The molecular weight excluding hydrogens is 444 g/mol. The van der Waals surface area contributed by atoms with Crippen LogP contribution in [0.15, 0.2) is 24.3 Å². The van der Waals surface area contributed by atoms with Gasteiger partial charge in [-0.25, -0.2) is 0 Å². The summed E-state index contributed by atoms with van der Waals surface area (Å²) in [6.07, 6.45) is 2.60. The number of para-hydroxylation sites is 1. The van der Waals surface area contributed by atoms with E-state index < -0.39 is 0 Å². The van der Waals surface area contributed by atoms with Gasteiger partial charge in [0.2, 0.25) is 10.5 Å². The van der Waals surface area contributed by atoms with Crippen LogP contribution in [0.3, 0.4) is 0 Å². The maximum absolute atomic E-state index is 2.45. The molecule has 1 heterocycles. The number of fused-ring (bicyclic) bond motifs is 1. The zero-order chi connectivity index (χ0) is 10.7. The first kappa shape index (κ1) is 14.6. The SMILES string of the molecule is Cc1sc2ccccc2[n+]1CCCCI.[I-]. The number of alkyl halides is 1. The summed E-state index contributed by atoms with van der Waals surface area (Å²) in [7, 11) is 0. The van der Waals surface area contributed by atoms with Crippen LogP contribution in [0.4, 0.5) is 0 Å². The molecule has 0 unspecified atom stereocenters. The fourth-order valence-electron chi connectivity index (χ4n) is 1.79. The Hall–Kier alpha value is 0.570. The number of thiazole rings is 1. The smallest absolute Gasteiger partial charge is 0.235 e. The molecule has 0 saturated heterocycles. The van der Waals surface area contributed by atoms with Gasteiger partial charge < -0.3 is 24.0 Å². The number of rotatable bonds is 4. The fourth-order valence-corrected chi connectivity index (χ4v) is 3.38. The predicted octanol–water partition coefficient (Wildman–Crippen LogP) is 0.716. The van der Waals surface area contributed by atoms with Crippen molar-refractivity contribution in [3.8, 4) is 0 Å². The van der Waals surface area contributed by atoms with Crippen molar-refractivity contribution in [2.24, 2.45) is 0 Å². The van der Waals surface area contributed by atoms with Crippen molar-refractivity contribution >= 4 is 44.1 Å². The minimum absolute atomic E-state index is 0. The molecule has 0 bridgehead atoms. The van der Waals surface area contributed by atoms with Crippen LogP contribution in [-0.2, 0) is 6.54 Å². The zero-order valence-electron chi connectivity index (χ0n) is 9.25. The van der Waals surface area contributed by atoms with Gasteiger partial charge in [-0.05, 0) is 16.9 Å². The van der Waals surface area contributed by atoms with Crippen LogP contribution in [0, 0.1) is 6.92 Å². The Bertz CT molecular complexity index is 453. The molecule has 1 nitrogen and oxygen atoms in total. The third kappa shape index (κ3) is 3.29. The maximum Gasteiger partial charge on any atom is 0.235 e. The van der Waals surface area contributed by atoms with E-state index in [-0.39, 0.29) is 24.0 Å². The average molecular weight is 459 g/mol. The first-order valence-electron chi connectivity index (χ1n) is 5.27. The number of hydrogen-bond donors (Lipinski definition) is 0. The molecule has 2 rings (SSSR count). The van der Waals surface area contributed by atoms with Gasteiger partial charge in [-0.15, -0.1) is 0 Å². The lowest BCUT2D eigenvalue weighted by Gasteiger charge is -1.95. The zero-order valence-corrected chi connectivity index (χ0v) is 14.4. The Morgan fingerprint density at radius 1 is 1.25 bits per heavy atom. The largest absolute Gasteiger partial charge is 1.00 e. The van der Waals surface area contributed by atoms with E-state index in [9.17, 15) is 0 Å². The highest BCUT2D eigenvalue weighted by atomic mass is 127. The number of aryl methyl sites for hydroxylation is 2. The topological polar surface area (TPSA) is 3.88 Å². The van der Waals surface area contributed by atoms with Gasteiger partial charge in [0.05, 0.1) is 0 Å². The lowest BCUT2D eigenvalue weighted by Crippen LogP contribution is -3.00. The van der Waals surface area contributed by atoms with Crippen LogP contribution in [0.1, 0.15) is 17.8 Å². The molecule has 1 aromatic carbocycles. The van der Waals surface area contributed by atoms with Gasteiger partial charge in [0.25, 0.3) is 0 Å². The summed E-state index contributed by atoms with van der Waals surface area (Å²) >= 11 is 4.35. The maximum atomic E-state index is 2.45. The van der Waals surface area contributed by atoms with Crippen LogP contribution in [0.2, 0.25) is 0 Å². The Morgan fingerprint density at radius 2 is 2.00 bits per heavy atom. The monoisotopic (exact) mass is 459 g/mol. The Kier molecular flexibility index (Phi) is 6.50. The first-order chi connectivity index (χ1) is 7.33. The minimum Gasteiger partial charge on any atom is -1.00 e. The van der Waals surface area contributed by atoms with Crippen molar-refractivity contribution in [1.29, 1.82) is 0 Å². The molecule has 1 aromatic heterocycles. The molecule has 0 atom stereocenters. The summed E-state index contributed by atoms with van der Waals surface area (Å²) in [5.74, 6) is 0. The Balaban J connectivity index is 0.00000128. The summed E-state index contributed by atoms with van der Waals surface area (Å²) in [5, 5.41) is 1.42. The third-order valence-electron chi connectivity index (χ3n) is 2.56. The molecule has 2 aromatic rings. The van der Waals surface area contributed by atoms with E-state index in [0.29, 0.717) is 0 Å². The van der Waals surface area contributed by atoms with Gasteiger partial charge >= 0.3 is 0 Å². The molecule has 0 amide bonds. The number of nitrogens with zero attached hydrogens (tertiary/aromatic N) is 1. The lowest BCUT2D eigenvalue weighted by molar-refractivity contribution is -0.673. The second-order valence-corrected chi connectivity index (χ2v) is 5.95. The summed E-state index contributed by atoms with van der Waals surface area (Å²) in [5.41, 5.74) is 1.40. The van der Waals surface area contributed by atoms with Crippen molar-refractivity contribution < 1.29 is 28.5 Å². The Labute approximate surface area is 131 Å². The van der Waals surface area contributed by atoms with Gasteiger partial charge in [-0.2, -0.15) is 4.57 Å². The molecule has 0 N–H and O–H groups in total. The van der Waals surface area contributed by atoms with E-state index in [1.807, 2.05) is 11.3 Å². The highest BCUT2D eigenvalue weighted by Gasteiger charge is 2.15. The van der Waals surface area contributed by atoms with Gasteiger partial charge in [-0.3, -0.25) is 0 Å². The highest BCUT2D eigenvalue weighted by molar-refractivity contribution is 14.1. The number of benzene rings is 1. The van der Waals surface area contributed by atoms with Crippen molar-refractivity contribution in [2.45, 2.75) is 26.3 Å². The summed E-state index contributed by atoms with van der Waals surface area (Å²) in [6.45, 7) is 3.38. The summed E-state index contributed by atoms with van der Waals surface area (Å²) in [4.78, 5) is 0. The first-order valence-corrected chi connectivity index (χ1v) is 7.61. The van der Waals surface area contributed by atoms with E-state index in [1.165, 1.54) is 39.0 Å². The van der Waals surface area contributed by atoms with Crippen molar-refractivity contribution in [3.63, 3.8) is 0 Å². The standard InChI is InChI=1S/C12H15INS.HI/c1-10-14(9-5-4-8-13)11-6-2-3-7-12(11)15-10;/h2-3,6-7H,4-5,8-9H2,1H3;1H/q+1;/p-1. The molecular formula is C12H15I2NS. The van der Waals surface area contributed by atoms with E-state index in [1.54, 1.807) is 0 Å². The fraction of sp³-hybridized carbons (Fsp3) is 0.417. The Morgan fingerprint density at radius 3 is 2.75 bits per heavy atom. The predicted molar refractivity (Wildman–Crippen MR) is 74.9 cm³/mol. The molecule has 0 aliphatic heterocycles. The van der Waals surface area contributed by atoms with E-state index in [4.69, 9.17) is 0 Å². The second kappa shape index (κ2) is 7.10. The molecule has 0 fully saturated rings. The van der Waals surface area contributed by atoms with Crippen LogP contribution in [-0.4, -0.2) is 4.43 Å². The van der Waals surface area contributed by atoms with Crippen molar-refractivity contribution in [3.05, 3.63) is 29.3 Å². The van der Waals surface area contributed by atoms with E-state index in [0.717, 1.165) is 0 Å². The molecule has 0 radical (unpaired) electrons.